The zero-order chi connectivity index (χ0) is 21.7. The minimum Gasteiger partial charge on any atom is -0.345 e. The number of hydrogen-bond acceptors (Lipinski definition) is 5. The van der Waals surface area contributed by atoms with Gasteiger partial charge in [-0.25, -0.2) is 8.78 Å². The number of amides is 2. The minimum absolute atomic E-state index is 0.0594. The second kappa shape index (κ2) is 9.49. The number of rotatable bonds is 7. The first-order valence-corrected chi connectivity index (χ1v) is 9.93. The molecule has 2 N–H and O–H groups in total. The summed E-state index contributed by atoms with van der Waals surface area (Å²) in [6, 6.07) is 9.39. The molecule has 2 aromatic carbocycles. The number of hydrogen-bond donors (Lipinski definition) is 2. The van der Waals surface area contributed by atoms with Crippen molar-refractivity contribution in [2.75, 3.05) is 11.1 Å². The van der Waals surface area contributed by atoms with Crippen molar-refractivity contribution in [1.82, 2.24) is 20.1 Å². The average Bonchev–Trinajstić information content (AvgIpc) is 3.07. The Kier molecular flexibility index (Phi) is 6.78. The fraction of sp³-hybridized carbons (Fsp3) is 0.200. The number of halogens is 2. The maximum atomic E-state index is 13.3. The maximum absolute atomic E-state index is 13.3. The largest absolute Gasteiger partial charge is 0.345 e. The Morgan fingerprint density at radius 1 is 1.07 bits per heavy atom. The summed E-state index contributed by atoms with van der Waals surface area (Å²) in [7, 11) is 1.72. The van der Waals surface area contributed by atoms with E-state index in [1.807, 2.05) is 0 Å². The summed E-state index contributed by atoms with van der Waals surface area (Å²) in [5.74, 6) is -0.958. The van der Waals surface area contributed by atoms with Gasteiger partial charge in [0, 0.05) is 18.3 Å². The van der Waals surface area contributed by atoms with E-state index in [1.54, 1.807) is 24.6 Å². The number of aromatic nitrogens is 3. The van der Waals surface area contributed by atoms with Crippen LogP contribution in [-0.4, -0.2) is 32.3 Å². The van der Waals surface area contributed by atoms with Gasteiger partial charge in [-0.3, -0.25) is 9.59 Å². The van der Waals surface area contributed by atoms with E-state index in [2.05, 4.69) is 20.8 Å². The van der Waals surface area contributed by atoms with Crippen molar-refractivity contribution < 1.29 is 18.4 Å². The normalized spacial score (nSPS) is 10.7. The molecule has 30 heavy (non-hydrogen) atoms. The fourth-order valence-electron chi connectivity index (χ4n) is 2.53. The predicted octanol–water partition coefficient (Wildman–Crippen LogP) is 3.06. The van der Waals surface area contributed by atoms with Crippen LogP contribution in [0.2, 0.25) is 0 Å². The minimum atomic E-state index is -0.427. The molecule has 0 saturated carbocycles. The molecule has 1 heterocycles. The number of carbonyl (C=O) groups excluding carboxylic acids is 2. The highest BCUT2D eigenvalue weighted by Crippen LogP contribution is 2.19. The molecular weight excluding hydrogens is 412 g/mol. The Morgan fingerprint density at radius 2 is 1.77 bits per heavy atom. The lowest BCUT2D eigenvalue weighted by Crippen LogP contribution is -2.24. The molecule has 0 aliphatic rings. The Bertz CT molecular complexity index is 1070. The number of benzene rings is 2. The summed E-state index contributed by atoms with van der Waals surface area (Å²) in [6.45, 7) is 1.90. The number of aryl methyl sites for hydroxylation is 1. The lowest BCUT2D eigenvalue weighted by atomic mass is 10.2. The predicted molar refractivity (Wildman–Crippen MR) is 109 cm³/mol. The molecule has 0 bridgehead atoms. The Balaban J connectivity index is 1.53. The van der Waals surface area contributed by atoms with Crippen molar-refractivity contribution in [1.29, 1.82) is 0 Å². The highest BCUT2D eigenvalue weighted by molar-refractivity contribution is 7.99. The molecule has 1 aromatic heterocycles. The molecule has 0 spiro atoms. The van der Waals surface area contributed by atoms with E-state index in [1.165, 1.54) is 48.2 Å². The van der Waals surface area contributed by atoms with Gasteiger partial charge in [0.25, 0.3) is 5.91 Å². The molecule has 3 aromatic rings. The van der Waals surface area contributed by atoms with E-state index < -0.39 is 11.6 Å². The standard InChI is InChI=1S/C20H19F2N5O2S/c1-12-3-6-15(22)9-16(12)24-18(28)11-30-20-26-25-17(27(20)2)10-23-19(29)13-4-7-14(21)8-5-13/h3-9H,10-11H2,1-2H3,(H,23,29)(H,24,28). The van der Waals surface area contributed by atoms with Gasteiger partial charge in [-0.15, -0.1) is 10.2 Å². The maximum Gasteiger partial charge on any atom is 0.251 e. The van der Waals surface area contributed by atoms with Crippen molar-refractivity contribution in [3.05, 3.63) is 71.1 Å². The molecule has 0 saturated heterocycles. The molecule has 10 heteroatoms. The third-order valence-electron chi connectivity index (χ3n) is 4.24. The van der Waals surface area contributed by atoms with Crippen LogP contribution in [0.25, 0.3) is 0 Å². The molecule has 0 radical (unpaired) electrons. The van der Waals surface area contributed by atoms with Crippen molar-refractivity contribution in [3.63, 3.8) is 0 Å². The van der Waals surface area contributed by atoms with Crippen LogP contribution < -0.4 is 10.6 Å². The van der Waals surface area contributed by atoms with Crippen LogP contribution in [0.3, 0.4) is 0 Å². The molecule has 3 rings (SSSR count). The molecule has 7 nitrogen and oxygen atoms in total. The number of carbonyl (C=O) groups is 2. The van der Waals surface area contributed by atoms with Gasteiger partial charge in [0.1, 0.15) is 11.6 Å². The molecule has 156 valence electrons. The summed E-state index contributed by atoms with van der Waals surface area (Å²) >= 11 is 1.17. The first-order chi connectivity index (χ1) is 14.3. The zero-order valence-corrected chi connectivity index (χ0v) is 17.1. The van der Waals surface area contributed by atoms with E-state index in [-0.39, 0.29) is 24.1 Å². The number of anilines is 1. The topological polar surface area (TPSA) is 88.9 Å². The third kappa shape index (κ3) is 5.41. The smallest absolute Gasteiger partial charge is 0.251 e. The number of nitrogens with zero attached hydrogens (tertiary/aromatic N) is 3. The average molecular weight is 431 g/mol. The van der Waals surface area contributed by atoms with E-state index in [9.17, 15) is 18.4 Å². The molecule has 0 atom stereocenters. The summed E-state index contributed by atoms with van der Waals surface area (Å²) in [4.78, 5) is 24.3. The fourth-order valence-corrected chi connectivity index (χ4v) is 3.26. The molecule has 0 fully saturated rings. The lowest BCUT2D eigenvalue weighted by Gasteiger charge is -2.08. The van der Waals surface area contributed by atoms with Crippen molar-refractivity contribution >= 4 is 29.3 Å². The SMILES string of the molecule is Cc1ccc(F)cc1NC(=O)CSc1nnc(CNC(=O)c2ccc(F)cc2)n1C. The second-order valence-electron chi connectivity index (χ2n) is 6.44. The van der Waals surface area contributed by atoms with Gasteiger partial charge in [0.15, 0.2) is 11.0 Å². The van der Waals surface area contributed by atoms with Gasteiger partial charge in [0.2, 0.25) is 5.91 Å². The van der Waals surface area contributed by atoms with Gasteiger partial charge >= 0.3 is 0 Å². The van der Waals surface area contributed by atoms with Crippen LogP contribution in [0.5, 0.6) is 0 Å². The van der Waals surface area contributed by atoms with Gasteiger partial charge < -0.3 is 15.2 Å². The number of nitrogens with one attached hydrogen (secondary N) is 2. The van der Waals surface area contributed by atoms with Gasteiger partial charge in [-0.1, -0.05) is 17.8 Å². The van der Waals surface area contributed by atoms with Crippen LogP contribution in [-0.2, 0) is 18.4 Å². The van der Waals surface area contributed by atoms with E-state index in [0.29, 0.717) is 22.2 Å². The molecule has 0 aliphatic carbocycles. The monoisotopic (exact) mass is 431 g/mol. The second-order valence-corrected chi connectivity index (χ2v) is 7.39. The summed E-state index contributed by atoms with van der Waals surface area (Å²) < 4.78 is 27.9. The summed E-state index contributed by atoms with van der Waals surface area (Å²) in [5.41, 5.74) is 1.51. The van der Waals surface area contributed by atoms with Crippen LogP contribution in [0.1, 0.15) is 21.7 Å². The quantitative estimate of drug-likeness (QED) is 0.562. The van der Waals surface area contributed by atoms with E-state index in [4.69, 9.17) is 0 Å². The first kappa shape index (κ1) is 21.4. The Morgan fingerprint density at radius 3 is 2.50 bits per heavy atom. The number of thioether (sulfide) groups is 1. The summed E-state index contributed by atoms with van der Waals surface area (Å²) in [5, 5.41) is 13.9. The van der Waals surface area contributed by atoms with Gasteiger partial charge in [-0.2, -0.15) is 0 Å². The van der Waals surface area contributed by atoms with E-state index in [0.717, 1.165) is 5.56 Å². The third-order valence-corrected chi connectivity index (χ3v) is 5.26. The summed E-state index contributed by atoms with van der Waals surface area (Å²) in [6.07, 6.45) is 0. The lowest BCUT2D eigenvalue weighted by molar-refractivity contribution is -0.113. The van der Waals surface area contributed by atoms with E-state index >= 15 is 0 Å². The first-order valence-electron chi connectivity index (χ1n) is 8.94. The van der Waals surface area contributed by atoms with Crippen molar-refractivity contribution in [3.8, 4) is 0 Å². The molecule has 0 aliphatic heterocycles. The van der Waals surface area contributed by atoms with Crippen LogP contribution in [0, 0.1) is 18.6 Å². The zero-order valence-electron chi connectivity index (χ0n) is 16.3. The van der Waals surface area contributed by atoms with Crippen LogP contribution in [0.15, 0.2) is 47.6 Å². The molecule has 2 amide bonds. The Hall–Kier alpha value is -3.27. The molecular formula is C20H19F2N5O2S. The van der Waals surface area contributed by atoms with Crippen LogP contribution in [0.4, 0.5) is 14.5 Å². The Labute approximate surface area is 175 Å². The highest BCUT2D eigenvalue weighted by atomic mass is 32.2. The van der Waals surface area contributed by atoms with Gasteiger partial charge in [-0.05, 0) is 48.9 Å². The highest BCUT2D eigenvalue weighted by Gasteiger charge is 2.14. The molecule has 0 unspecified atom stereocenters. The van der Waals surface area contributed by atoms with Gasteiger partial charge in [0.05, 0.1) is 12.3 Å². The van der Waals surface area contributed by atoms with Crippen molar-refractivity contribution in [2.45, 2.75) is 18.6 Å². The van der Waals surface area contributed by atoms with Crippen LogP contribution >= 0.6 is 11.8 Å². The van der Waals surface area contributed by atoms with Crippen molar-refractivity contribution in [2.24, 2.45) is 7.05 Å².